The molecule has 2 aromatic heterocycles. The van der Waals surface area contributed by atoms with Gasteiger partial charge in [-0.3, -0.25) is 4.98 Å². The lowest BCUT2D eigenvalue weighted by atomic mass is 10.0. The van der Waals surface area contributed by atoms with Gasteiger partial charge in [0.15, 0.2) is 5.82 Å². The quantitative estimate of drug-likeness (QED) is 0.508. The number of aryl methyl sites for hydroxylation is 2. The van der Waals surface area contributed by atoms with Crippen molar-refractivity contribution in [1.82, 2.24) is 9.97 Å². The first-order chi connectivity index (χ1) is 12.9. The van der Waals surface area contributed by atoms with Gasteiger partial charge in [-0.1, -0.05) is 36.4 Å². The second-order valence-corrected chi connectivity index (χ2v) is 6.45. The van der Waals surface area contributed by atoms with Gasteiger partial charge in [0.2, 0.25) is 0 Å². The molecule has 2 heterocycles. The van der Waals surface area contributed by atoms with Gasteiger partial charge in [-0.15, -0.1) is 0 Å². The zero-order valence-electron chi connectivity index (χ0n) is 14.3. The number of pyridine rings is 2. The van der Waals surface area contributed by atoms with Crippen molar-refractivity contribution in [1.29, 1.82) is 0 Å². The van der Waals surface area contributed by atoms with Crippen molar-refractivity contribution in [2.75, 3.05) is 5.73 Å². The highest BCUT2D eigenvalue weighted by atomic mass is 19.4. The number of hydrogen-bond acceptors (Lipinski definition) is 3. The van der Waals surface area contributed by atoms with Crippen LogP contribution in [0.1, 0.15) is 16.7 Å². The van der Waals surface area contributed by atoms with Crippen molar-refractivity contribution in [3.8, 4) is 0 Å². The molecule has 3 nitrogen and oxygen atoms in total. The van der Waals surface area contributed by atoms with E-state index in [1.165, 1.54) is 12.1 Å². The molecule has 0 unspecified atom stereocenters. The van der Waals surface area contributed by atoms with E-state index in [1.54, 1.807) is 12.3 Å². The van der Waals surface area contributed by atoms with Gasteiger partial charge < -0.3 is 5.73 Å². The van der Waals surface area contributed by atoms with E-state index in [-0.39, 0.29) is 0 Å². The Labute approximate surface area is 153 Å². The van der Waals surface area contributed by atoms with Crippen molar-refractivity contribution in [3.63, 3.8) is 0 Å². The minimum atomic E-state index is -4.33. The first-order valence-corrected chi connectivity index (χ1v) is 8.51. The van der Waals surface area contributed by atoms with Crippen LogP contribution < -0.4 is 5.73 Å². The molecule has 27 heavy (non-hydrogen) atoms. The molecule has 0 saturated carbocycles. The number of nitrogens with two attached hydrogens (primary N) is 1. The summed E-state index contributed by atoms with van der Waals surface area (Å²) in [4.78, 5) is 8.80. The summed E-state index contributed by atoms with van der Waals surface area (Å²) >= 11 is 0. The number of rotatable bonds is 3. The molecule has 136 valence electrons. The van der Waals surface area contributed by atoms with E-state index in [9.17, 15) is 13.2 Å². The van der Waals surface area contributed by atoms with E-state index in [4.69, 9.17) is 5.73 Å². The van der Waals surface area contributed by atoms with Gasteiger partial charge in [0.25, 0.3) is 0 Å². The summed E-state index contributed by atoms with van der Waals surface area (Å²) in [7, 11) is 0. The summed E-state index contributed by atoms with van der Waals surface area (Å²) in [6.07, 6.45) is -1.54. The van der Waals surface area contributed by atoms with Crippen molar-refractivity contribution in [3.05, 3.63) is 77.5 Å². The Morgan fingerprint density at radius 1 is 0.852 bits per heavy atom. The van der Waals surface area contributed by atoms with Crippen LogP contribution in [-0.2, 0) is 19.0 Å². The average molecular weight is 367 g/mol. The number of aromatic nitrogens is 2. The number of nitrogen functional groups attached to an aromatic ring is 1. The summed E-state index contributed by atoms with van der Waals surface area (Å²) in [5.74, 6) is 0.369. The Kier molecular flexibility index (Phi) is 4.18. The summed E-state index contributed by atoms with van der Waals surface area (Å²) in [5.41, 5.74) is 8.40. The molecule has 4 aromatic rings. The summed E-state index contributed by atoms with van der Waals surface area (Å²) in [6, 6.07) is 15.1. The number of para-hydroxylation sites is 1. The standard InChI is InChI=1S/C21H16F3N3/c22-21(23,24)15-5-3-4-13(10-15)8-9-14-11-17-16-6-1-2-7-18(16)27-20(25)19(17)26-12-14/h1-7,10-12H,8-9H2,(H2,25,27). The van der Waals surface area contributed by atoms with Crippen molar-refractivity contribution < 1.29 is 13.2 Å². The molecule has 2 aromatic carbocycles. The van der Waals surface area contributed by atoms with Crippen molar-refractivity contribution in [2.45, 2.75) is 19.0 Å². The Hall–Kier alpha value is -3.15. The fourth-order valence-corrected chi connectivity index (χ4v) is 3.23. The third-order valence-corrected chi connectivity index (χ3v) is 4.58. The first kappa shape index (κ1) is 17.3. The highest BCUT2D eigenvalue weighted by Crippen LogP contribution is 2.30. The van der Waals surface area contributed by atoms with Gasteiger partial charge in [-0.2, -0.15) is 13.2 Å². The molecule has 0 aliphatic carbocycles. The maximum Gasteiger partial charge on any atom is 0.416 e. The smallest absolute Gasteiger partial charge is 0.382 e. The van der Waals surface area contributed by atoms with E-state index in [2.05, 4.69) is 9.97 Å². The lowest BCUT2D eigenvalue weighted by Gasteiger charge is -2.10. The maximum absolute atomic E-state index is 12.9. The van der Waals surface area contributed by atoms with Crippen LogP contribution in [0.3, 0.4) is 0 Å². The third-order valence-electron chi connectivity index (χ3n) is 4.58. The number of nitrogens with zero attached hydrogens (tertiary/aromatic N) is 2. The van der Waals surface area contributed by atoms with Gasteiger partial charge in [0.05, 0.1) is 11.1 Å². The number of anilines is 1. The Morgan fingerprint density at radius 3 is 2.44 bits per heavy atom. The highest BCUT2D eigenvalue weighted by molar-refractivity contribution is 6.08. The molecule has 0 spiro atoms. The molecule has 0 fully saturated rings. The van der Waals surface area contributed by atoms with Crippen LogP contribution in [0.25, 0.3) is 21.8 Å². The fourth-order valence-electron chi connectivity index (χ4n) is 3.23. The molecule has 0 atom stereocenters. The van der Waals surface area contributed by atoms with Crippen molar-refractivity contribution in [2.24, 2.45) is 0 Å². The van der Waals surface area contributed by atoms with Gasteiger partial charge >= 0.3 is 6.18 Å². The van der Waals surface area contributed by atoms with Gasteiger partial charge in [-0.25, -0.2) is 4.98 Å². The monoisotopic (exact) mass is 367 g/mol. The lowest BCUT2D eigenvalue weighted by molar-refractivity contribution is -0.137. The number of halogens is 3. The van der Waals surface area contributed by atoms with Crippen LogP contribution in [-0.4, -0.2) is 9.97 Å². The van der Waals surface area contributed by atoms with Crippen LogP contribution >= 0.6 is 0 Å². The Balaban J connectivity index is 1.66. The van der Waals surface area contributed by atoms with Crippen LogP contribution in [0.5, 0.6) is 0 Å². The lowest BCUT2D eigenvalue weighted by Crippen LogP contribution is -2.05. The van der Waals surface area contributed by atoms with Gasteiger partial charge in [0.1, 0.15) is 5.52 Å². The second kappa shape index (κ2) is 6.54. The summed E-state index contributed by atoms with van der Waals surface area (Å²) < 4.78 is 38.6. The number of fused-ring (bicyclic) bond motifs is 3. The Bertz CT molecular complexity index is 1140. The average Bonchev–Trinajstić information content (AvgIpc) is 2.66. The normalized spacial score (nSPS) is 12.0. The minimum Gasteiger partial charge on any atom is -0.382 e. The molecular weight excluding hydrogens is 351 g/mol. The highest BCUT2D eigenvalue weighted by Gasteiger charge is 2.30. The number of alkyl halides is 3. The van der Waals surface area contributed by atoms with Crippen LogP contribution in [0, 0.1) is 0 Å². The second-order valence-electron chi connectivity index (χ2n) is 6.45. The SMILES string of the molecule is Nc1nc2ccccc2c2cc(CCc3cccc(C(F)(F)F)c3)cnc12. The predicted octanol–water partition coefficient (Wildman–Crippen LogP) is 5.17. The van der Waals surface area contributed by atoms with Crippen molar-refractivity contribution >= 4 is 27.6 Å². The number of benzene rings is 2. The van der Waals surface area contributed by atoms with Crippen LogP contribution in [0.4, 0.5) is 19.0 Å². The summed E-state index contributed by atoms with van der Waals surface area (Å²) in [6.45, 7) is 0. The maximum atomic E-state index is 12.9. The summed E-state index contributed by atoms with van der Waals surface area (Å²) in [5, 5.41) is 1.86. The topological polar surface area (TPSA) is 51.8 Å². The Morgan fingerprint density at radius 2 is 1.63 bits per heavy atom. The van der Waals surface area contributed by atoms with E-state index in [0.717, 1.165) is 27.9 Å². The molecule has 0 amide bonds. The molecule has 0 bridgehead atoms. The van der Waals surface area contributed by atoms with E-state index in [1.807, 2.05) is 30.3 Å². The van der Waals surface area contributed by atoms with E-state index >= 15 is 0 Å². The predicted molar refractivity (Wildman–Crippen MR) is 100 cm³/mol. The van der Waals surface area contributed by atoms with Gasteiger partial charge in [0, 0.05) is 17.0 Å². The van der Waals surface area contributed by atoms with Gasteiger partial charge in [-0.05, 0) is 42.2 Å². The zero-order chi connectivity index (χ0) is 19.0. The molecule has 2 N–H and O–H groups in total. The van der Waals surface area contributed by atoms with E-state index < -0.39 is 11.7 Å². The molecule has 0 aliphatic heterocycles. The third kappa shape index (κ3) is 3.43. The minimum absolute atomic E-state index is 0.369. The zero-order valence-corrected chi connectivity index (χ0v) is 14.3. The fraction of sp³-hybridized carbons (Fsp3) is 0.143. The molecule has 0 aliphatic rings. The van der Waals surface area contributed by atoms with Crippen LogP contribution in [0.15, 0.2) is 60.8 Å². The molecule has 4 rings (SSSR count). The van der Waals surface area contributed by atoms with E-state index in [0.29, 0.717) is 29.7 Å². The first-order valence-electron chi connectivity index (χ1n) is 8.51. The van der Waals surface area contributed by atoms with Crippen LogP contribution in [0.2, 0.25) is 0 Å². The largest absolute Gasteiger partial charge is 0.416 e. The molecular formula is C21H16F3N3. The number of hydrogen-bond donors (Lipinski definition) is 1. The molecule has 0 radical (unpaired) electrons. The molecule has 0 saturated heterocycles. The molecule has 6 heteroatoms.